The van der Waals surface area contributed by atoms with E-state index in [0.29, 0.717) is 0 Å². The molecule has 0 aliphatic carbocycles. The molecule has 0 amide bonds. The lowest BCUT2D eigenvalue weighted by Crippen LogP contribution is -2.18. The van der Waals surface area contributed by atoms with Gasteiger partial charge in [-0.25, -0.2) is 0 Å². The van der Waals surface area contributed by atoms with E-state index in [9.17, 15) is 0 Å². The third kappa shape index (κ3) is 4.41. The van der Waals surface area contributed by atoms with Crippen LogP contribution >= 0.6 is 0 Å². The SMILES string of the molecule is CC.CC.CC(C)(C)c1c(-n2cccc2)cccc1-n1cccc1. The molecule has 130 valence electrons. The first kappa shape index (κ1) is 19.8. The van der Waals surface area contributed by atoms with Gasteiger partial charge in [0, 0.05) is 30.4 Å². The van der Waals surface area contributed by atoms with Gasteiger partial charge in [0.05, 0.1) is 11.4 Å². The first-order chi connectivity index (χ1) is 11.6. The van der Waals surface area contributed by atoms with Crippen molar-refractivity contribution in [3.63, 3.8) is 0 Å². The predicted molar refractivity (Wildman–Crippen MR) is 106 cm³/mol. The molecule has 0 saturated carbocycles. The average molecular weight is 325 g/mol. The molecular formula is C22H32N2. The van der Waals surface area contributed by atoms with Crippen LogP contribution in [0.4, 0.5) is 0 Å². The van der Waals surface area contributed by atoms with Gasteiger partial charge in [-0.2, -0.15) is 0 Å². The molecule has 3 rings (SSSR count). The highest BCUT2D eigenvalue weighted by molar-refractivity contribution is 5.57. The molecule has 0 unspecified atom stereocenters. The molecule has 0 atom stereocenters. The van der Waals surface area contributed by atoms with Crippen molar-refractivity contribution in [3.05, 3.63) is 72.8 Å². The van der Waals surface area contributed by atoms with Gasteiger partial charge in [-0.1, -0.05) is 54.5 Å². The molecule has 0 N–H and O–H groups in total. The second kappa shape index (κ2) is 9.17. The number of benzene rings is 1. The minimum atomic E-state index is 0.0699. The smallest absolute Gasteiger partial charge is 0.0507 e. The van der Waals surface area contributed by atoms with Crippen LogP contribution in [0.15, 0.2) is 67.3 Å². The van der Waals surface area contributed by atoms with E-state index in [1.807, 2.05) is 27.7 Å². The Morgan fingerprint density at radius 1 is 0.583 bits per heavy atom. The minimum absolute atomic E-state index is 0.0699. The summed E-state index contributed by atoms with van der Waals surface area (Å²) in [6.07, 6.45) is 8.40. The fourth-order valence-corrected chi connectivity index (χ4v) is 2.72. The first-order valence-electron chi connectivity index (χ1n) is 8.97. The summed E-state index contributed by atoms with van der Waals surface area (Å²) in [5.74, 6) is 0. The van der Waals surface area contributed by atoms with Crippen molar-refractivity contribution in [2.75, 3.05) is 0 Å². The highest BCUT2D eigenvalue weighted by Crippen LogP contribution is 2.33. The fraction of sp³-hybridized carbons (Fsp3) is 0.364. The van der Waals surface area contributed by atoms with E-state index in [4.69, 9.17) is 0 Å². The van der Waals surface area contributed by atoms with Gasteiger partial charge in [-0.05, 0) is 41.8 Å². The predicted octanol–water partition coefficient (Wildman–Crippen LogP) is 6.62. The van der Waals surface area contributed by atoms with Crippen LogP contribution in [0.5, 0.6) is 0 Å². The van der Waals surface area contributed by atoms with E-state index in [1.165, 1.54) is 16.9 Å². The van der Waals surface area contributed by atoms with Crippen LogP contribution in [0.25, 0.3) is 11.4 Å². The molecule has 3 aromatic rings. The third-order valence-electron chi connectivity index (χ3n) is 3.54. The zero-order valence-electron chi connectivity index (χ0n) is 16.2. The van der Waals surface area contributed by atoms with Crippen molar-refractivity contribution in [2.24, 2.45) is 0 Å². The van der Waals surface area contributed by atoms with E-state index >= 15 is 0 Å². The van der Waals surface area contributed by atoms with Crippen LogP contribution in [0.1, 0.15) is 54.0 Å². The van der Waals surface area contributed by atoms with Crippen LogP contribution in [0, 0.1) is 0 Å². The van der Waals surface area contributed by atoms with Crippen molar-refractivity contribution < 1.29 is 0 Å². The lowest BCUT2D eigenvalue weighted by molar-refractivity contribution is 0.582. The average Bonchev–Trinajstić information content (AvgIpc) is 3.31. The van der Waals surface area contributed by atoms with E-state index in [2.05, 4.69) is 97.2 Å². The zero-order chi connectivity index (χ0) is 18.2. The summed E-state index contributed by atoms with van der Waals surface area (Å²) < 4.78 is 4.38. The maximum Gasteiger partial charge on any atom is 0.0507 e. The molecule has 0 bridgehead atoms. The molecule has 2 aromatic heterocycles. The summed E-state index contributed by atoms with van der Waals surface area (Å²) in [6.45, 7) is 14.8. The maximum absolute atomic E-state index is 2.27. The number of rotatable bonds is 2. The Morgan fingerprint density at radius 2 is 0.917 bits per heavy atom. The molecule has 0 saturated heterocycles. The van der Waals surface area contributed by atoms with Crippen molar-refractivity contribution in [2.45, 2.75) is 53.9 Å². The molecule has 2 nitrogen and oxygen atoms in total. The van der Waals surface area contributed by atoms with Gasteiger partial charge in [-0.15, -0.1) is 0 Å². The van der Waals surface area contributed by atoms with E-state index in [-0.39, 0.29) is 5.41 Å². The van der Waals surface area contributed by atoms with Crippen molar-refractivity contribution >= 4 is 0 Å². The molecular weight excluding hydrogens is 292 g/mol. The van der Waals surface area contributed by atoms with E-state index in [0.717, 1.165) is 0 Å². The normalized spacial score (nSPS) is 10.3. The summed E-state index contributed by atoms with van der Waals surface area (Å²) >= 11 is 0. The Kier molecular flexibility index (Phi) is 7.57. The summed E-state index contributed by atoms with van der Waals surface area (Å²) in [7, 11) is 0. The summed E-state index contributed by atoms with van der Waals surface area (Å²) in [5.41, 5.74) is 3.91. The Morgan fingerprint density at radius 3 is 1.21 bits per heavy atom. The molecule has 24 heavy (non-hydrogen) atoms. The second-order valence-electron chi connectivity index (χ2n) is 6.10. The molecule has 2 heteroatoms. The quantitative estimate of drug-likeness (QED) is 0.501. The topological polar surface area (TPSA) is 9.86 Å². The fourth-order valence-electron chi connectivity index (χ4n) is 2.72. The molecule has 0 fully saturated rings. The summed E-state index contributed by atoms with van der Waals surface area (Å²) in [6, 6.07) is 14.8. The van der Waals surface area contributed by atoms with Gasteiger partial charge in [0.2, 0.25) is 0 Å². The highest BCUT2D eigenvalue weighted by atomic mass is 15.0. The van der Waals surface area contributed by atoms with Gasteiger partial charge >= 0.3 is 0 Å². The van der Waals surface area contributed by atoms with Gasteiger partial charge in [0.15, 0.2) is 0 Å². The summed E-state index contributed by atoms with van der Waals surface area (Å²) in [4.78, 5) is 0. The Bertz CT molecular complexity index is 632. The summed E-state index contributed by atoms with van der Waals surface area (Å²) in [5, 5.41) is 0. The maximum atomic E-state index is 2.27. The van der Waals surface area contributed by atoms with Crippen LogP contribution in [-0.2, 0) is 5.41 Å². The lowest BCUT2D eigenvalue weighted by atomic mass is 9.84. The van der Waals surface area contributed by atoms with Crippen molar-refractivity contribution in [1.82, 2.24) is 9.13 Å². The van der Waals surface area contributed by atoms with Crippen LogP contribution in [-0.4, -0.2) is 9.13 Å². The largest absolute Gasteiger partial charge is 0.324 e. The highest BCUT2D eigenvalue weighted by Gasteiger charge is 2.23. The number of hydrogen-bond donors (Lipinski definition) is 0. The Labute approximate surface area is 147 Å². The van der Waals surface area contributed by atoms with Gasteiger partial charge in [-0.3, -0.25) is 0 Å². The Hall–Kier alpha value is -2.22. The van der Waals surface area contributed by atoms with Crippen LogP contribution in [0.3, 0.4) is 0 Å². The first-order valence-corrected chi connectivity index (χ1v) is 8.97. The van der Waals surface area contributed by atoms with Gasteiger partial charge in [0.25, 0.3) is 0 Å². The lowest BCUT2D eigenvalue weighted by Gasteiger charge is -2.27. The van der Waals surface area contributed by atoms with Crippen molar-refractivity contribution in [3.8, 4) is 11.4 Å². The van der Waals surface area contributed by atoms with Crippen LogP contribution < -0.4 is 0 Å². The molecule has 0 aliphatic rings. The Balaban J connectivity index is 0.000000671. The number of nitrogens with zero attached hydrogens (tertiary/aromatic N) is 2. The number of hydrogen-bond acceptors (Lipinski definition) is 0. The molecule has 1 aromatic carbocycles. The zero-order valence-corrected chi connectivity index (χ0v) is 16.2. The van der Waals surface area contributed by atoms with Crippen molar-refractivity contribution in [1.29, 1.82) is 0 Å². The third-order valence-corrected chi connectivity index (χ3v) is 3.54. The molecule has 0 spiro atoms. The van der Waals surface area contributed by atoms with Gasteiger partial charge < -0.3 is 9.13 Å². The van der Waals surface area contributed by atoms with E-state index in [1.54, 1.807) is 0 Å². The minimum Gasteiger partial charge on any atom is -0.324 e. The standard InChI is InChI=1S/C18H20N2.2C2H6/c1-18(2,3)17-15(19-11-4-5-12-19)9-8-10-16(17)20-13-6-7-14-20;2*1-2/h4-14H,1-3H3;2*1-2H3. The monoisotopic (exact) mass is 324 g/mol. The number of aromatic nitrogens is 2. The second-order valence-corrected chi connectivity index (χ2v) is 6.10. The molecule has 0 aliphatic heterocycles. The van der Waals surface area contributed by atoms with Crippen LogP contribution in [0.2, 0.25) is 0 Å². The van der Waals surface area contributed by atoms with E-state index < -0.39 is 0 Å². The van der Waals surface area contributed by atoms with Gasteiger partial charge in [0.1, 0.15) is 0 Å². The molecule has 2 heterocycles. The molecule has 0 radical (unpaired) electrons.